The van der Waals surface area contributed by atoms with Gasteiger partial charge in [0.25, 0.3) is 5.91 Å². The zero-order valence-corrected chi connectivity index (χ0v) is 14.6. The van der Waals surface area contributed by atoms with Crippen molar-refractivity contribution < 1.29 is 14.3 Å². The lowest BCUT2D eigenvalue weighted by atomic mass is 10.3. The number of aromatic nitrogens is 2. The van der Waals surface area contributed by atoms with Crippen molar-refractivity contribution in [2.24, 2.45) is 0 Å². The van der Waals surface area contributed by atoms with Gasteiger partial charge in [-0.1, -0.05) is 11.6 Å². The maximum absolute atomic E-state index is 12.5. The lowest BCUT2D eigenvalue weighted by Crippen LogP contribution is -2.37. The summed E-state index contributed by atoms with van der Waals surface area (Å²) in [6.07, 6.45) is 1.45. The summed E-state index contributed by atoms with van der Waals surface area (Å²) in [6, 6.07) is 7.11. The number of ether oxygens (including phenoxy) is 2. The summed E-state index contributed by atoms with van der Waals surface area (Å²) in [5.74, 6) is 0.839. The number of amides is 1. The largest absolute Gasteiger partial charge is 0.494 e. The average Bonchev–Trinajstić information content (AvgIpc) is 2.64. The molecule has 3 rings (SSSR count). The van der Waals surface area contributed by atoms with E-state index in [0.29, 0.717) is 44.5 Å². The van der Waals surface area contributed by atoms with Crippen molar-refractivity contribution in [1.82, 2.24) is 9.97 Å². The Balaban J connectivity index is 1.74. The molecule has 0 radical (unpaired) electrons. The summed E-state index contributed by atoms with van der Waals surface area (Å²) in [7, 11) is 0. The zero-order chi connectivity index (χ0) is 17.6. The molecule has 0 spiro atoms. The first kappa shape index (κ1) is 17.4. The number of morpholine rings is 1. The number of hydrogen-bond donors (Lipinski definition) is 1. The molecule has 132 valence electrons. The standard InChI is InChI=1S/C17H19ClN4O3/c1-2-25-13-5-3-12(4-6-13)20-16(23)15-14(18)11-19-17(21-15)22-7-9-24-10-8-22/h3-6,11H,2,7-10H2,1H3,(H,20,23). The number of halogens is 1. The minimum atomic E-state index is -0.383. The molecule has 0 aliphatic carbocycles. The highest BCUT2D eigenvalue weighted by atomic mass is 35.5. The lowest BCUT2D eigenvalue weighted by molar-refractivity contribution is 0.102. The Bertz CT molecular complexity index is 733. The second kappa shape index (κ2) is 8.13. The zero-order valence-electron chi connectivity index (χ0n) is 13.9. The summed E-state index contributed by atoms with van der Waals surface area (Å²) in [5, 5.41) is 2.99. The van der Waals surface area contributed by atoms with Gasteiger partial charge >= 0.3 is 0 Å². The molecule has 1 fully saturated rings. The predicted octanol–water partition coefficient (Wildman–Crippen LogP) is 2.62. The fourth-order valence-corrected chi connectivity index (χ4v) is 2.60. The second-order valence-corrected chi connectivity index (χ2v) is 5.78. The van der Waals surface area contributed by atoms with Crippen molar-refractivity contribution in [2.75, 3.05) is 43.1 Å². The van der Waals surface area contributed by atoms with Crippen molar-refractivity contribution in [2.45, 2.75) is 6.92 Å². The van der Waals surface area contributed by atoms with E-state index in [1.54, 1.807) is 24.3 Å². The molecular formula is C17H19ClN4O3. The maximum atomic E-state index is 12.5. The van der Waals surface area contributed by atoms with Gasteiger partial charge in [-0.3, -0.25) is 4.79 Å². The molecule has 0 atom stereocenters. The summed E-state index contributed by atoms with van der Waals surface area (Å²) in [6.45, 7) is 5.09. The molecule has 1 amide bonds. The highest BCUT2D eigenvalue weighted by Crippen LogP contribution is 2.20. The van der Waals surface area contributed by atoms with E-state index in [9.17, 15) is 4.79 Å². The van der Waals surface area contributed by atoms with Crippen LogP contribution < -0.4 is 15.0 Å². The summed E-state index contributed by atoms with van der Waals surface area (Å²) in [5.41, 5.74) is 0.781. The van der Waals surface area contributed by atoms with E-state index < -0.39 is 0 Å². The van der Waals surface area contributed by atoms with Gasteiger partial charge in [0.15, 0.2) is 5.69 Å². The van der Waals surface area contributed by atoms with Gasteiger partial charge < -0.3 is 19.7 Å². The molecule has 1 aromatic heterocycles. The van der Waals surface area contributed by atoms with Crippen molar-refractivity contribution in [3.8, 4) is 5.75 Å². The van der Waals surface area contributed by atoms with Crippen molar-refractivity contribution in [3.63, 3.8) is 0 Å². The van der Waals surface area contributed by atoms with Gasteiger partial charge in [0, 0.05) is 18.8 Å². The number of benzene rings is 1. The fourth-order valence-electron chi connectivity index (χ4n) is 2.42. The third kappa shape index (κ3) is 4.37. The van der Waals surface area contributed by atoms with Crippen LogP contribution in [0.2, 0.25) is 5.02 Å². The highest BCUT2D eigenvalue weighted by molar-refractivity contribution is 6.34. The lowest BCUT2D eigenvalue weighted by Gasteiger charge is -2.26. The van der Waals surface area contributed by atoms with Crippen LogP contribution in [0.1, 0.15) is 17.4 Å². The van der Waals surface area contributed by atoms with E-state index in [0.717, 1.165) is 5.75 Å². The monoisotopic (exact) mass is 362 g/mol. The first-order valence-electron chi connectivity index (χ1n) is 8.07. The summed E-state index contributed by atoms with van der Waals surface area (Å²) in [4.78, 5) is 23.0. The Hall–Kier alpha value is -2.38. The highest BCUT2D eigenvalue weighted by Gasteiger charge is 2.19. The Labute approximate surface area is 150 Å². The Morgan fingerprint density at radius 3 is 2.72 bits per heavy atom. The third-order valence-corrected chi connectivity index (χ3v) is 3.94. The minimum absolute atomic E-state index is 0.145. The molecule has 0 bridgehead atoms. The molecule has 1 aliphatic rings. The molecule has 1 aliphatic heterocycles. The SMILES string of the molecule is CCOc1ccc(NC(=O)c2nc(N3CCOCC3)ncc2Cl)cc1. The van der Waals surface area contributed by atoms with Crippen LogP contribution in [-0.2, 0) is 4.74 Å². The van der Waals surface area contributed by atoms with Crippen LogP contribution in [-0.4, -0.2) is 48.8 Å². The summed E-state index contributed by atoms with van der Waals surface area (Å²) < 4.78 is 10.7. The van der Waals surface area contributed by atoms with Gasteiger partial charge in [-0.25, -0.2) is 9.97 Å². The number of carbonyl (C=O) groups is 1. The average molecular weight is 363 g/mol. The van der Waals surface area contributed by atoms with Gasteiger partial charge in [-0.2, -0.15) is 0 Å². The molecule has 25 heavy (non-hydrogen) atoms. The molecule has 0 unspecified atom stereocenters. The van der Waals surface area contributed by atoms with Gasteiger partial charge in [0.1, 0.15) is 5.75 Å². The number of nitrogens with zero attached hydrogens (tertiary/aromatic N) is 3. The molecule has 1 saturated heterocycles. The number of rotatable bonds is 5. The van der Waals surface area contributed by atoms with E-state index in [2.05, 4.69) is 15.3 Å². The van der Waals surface area contributed by atoms with E-state index in [4.69, 9.17) is 21.1 Å². The molecule has 2 aromatic rings. The van der Waals surface area contributed by atoms with Crippen LogP contribution >= 0.6 is 11.6 Å². The van der Waals surface area contributed by atoms with Crippen LogP contribution in [0, 0.1) is 0 Å². The van der Waals surface area contributed by atoms with Gasteiger partial charge in [-0.15, -0.1) is 0 Å². The predicted molar refractivity (Wildman–Crippen MR) is 95.6 cm³/mol. The van der Waals surface area contributed by atoms with E-state index >= 15 is 0 Å². The van der Waals surface area contributed by atoms with Crippen LogP contribution in [0.25, 0.3) is 0 Å². The van der Waals surface area contributed by atoms with Gasteiger partial charge in [0.2, 0.25) is 5.95 Å². The molecule has 0 saturated carbocycles. The normalized spacial score (nSPS) is 14.2. The molecule has 8 heteroatoms. The van der Waals surface area contributed by atoms with Crippen molar-refractivity contribution in [3.05, 3.63) is 41.2 Å². The summed E-state index contributed by atoms with van der Waals surface area (Å²) >= 11 is 6.11. The first-order valence-corrected chi connectivity index (χ1v) is 8.44. The number of carbonyl (C=O) groups excluding carboxylic acids is 1. The quantitative estimate of drug-likeness (QED) is 0.881. The fraction of sp³-hybridized carbons (Fsp3) is 0.353. The number of anilines is 2. The first-order chi connectivity index (χ1) is 12.2. The van der Waals surface area contributed by atoms with E-state index in [-0.39, 0.29) is 16.6 Å². The number of nitrogens with one attached hydrogen (secondary N) is 1. The molecule has 7 nitrogen and oxygen atoms in total. The molecule has 1 N–H and O–H groups in total. The van der Waals surface area contributed by atoms with Crippen molar-refractivity contribution >= 4 is 29.1 Å². The van der Waals surface area contributed by atoms with E-state index in [1.165, 1.54) is 6.20 Å². The topological polar surface area (TPSA) is 76.6 Å². The maximum Gasteiger partial charge on any atom is 0.276 e. The minimum Gasteiger partial charge on any atom is -0.494 e. The Kier molecular flexibility index (Phi) is 5.67. The van der Waals surface area contributed by atoms with Crippen LogP contribution in [0.3, 0.4) is 0 Å². The van der Waals surface area contributed by atoms with Crippen molar-refractivity contribution in [1.29, 1.82) is 0 Å². The van der Waals surface area contributed by atoms with Gasteiger partial charge in [0.05, 0.1) is 31.0 Å². The molecule has 2 heterocycles. The second-order valence-electron chi connectivity index (χ2n) is 5.38. The smallest absolute Gasteiger partial charge is 0.276 e. The van der Waals surface area contributed by atoms with Crippen LogP contribution in [0.5, 0.6) is 5.75 Å². The number of hydrogen-bond acceptors (Lipinski definition) is 6. The Morgan fingerprint density at radius 1 is 1.32 bits per heavy atom. The molecule has 1 aromatic carbocycles. The van der Waals surface area contributed by atoms with Crippen LogP contribution in [0.15, 0.2) is 30.5 Å². The Morgan fingerprint density at radius 2 is 2.04 bits per heavy atom. The molecular weight excluding hydrogens is 344 g/mol. The third-order valence-electron chi connectivity index (χ3n) is 3.66. The van der Waals surface area contributed by atoms with E-state index in [1.807, 2.05) is 11.8 Å². The van der Waals surface area contributed by atoms with Crippen LogP contribution in [0.4, 0.5) is 11.6 Å². The van der Waals surface area contributed by atoms with Gasteiger partial charge in [-0.05, 0) is 31.2 Å².